The number of fused-ring (bicyclic) bond motifs is 1. The van der Waals surface area contributed by atoms with Crippen molar-refractivity contribution in [2.75, 3.05) is 5.32 Å². The highest BCUT2D eigenvalue weighted by atomic mass is 35.5. The minimum atomic E-state index is -3.52. The van der Waals surface area contributed by atoms with Crippen LogP contribution in [0.2, 0.25) is 10.0 Å². The predicted molar refractivity (Wildman–Crippen MR) is 102 cm³/mol. The van der Waals surface area contributed by atoms with Crippen molar-refractivity contribution in [3.63, 3.8) is 0 Å². The van der Waals surface area contributed by atoms with E-state index in [2.05, 4.69) is 10.4 Å². The van der Waals surface area contributed by atoms with Gasteiger partial charge in [-0.1, -0.05) is 29.3 Å². The van der Waals surface area contributed by atoms with Crippen LogP contribution >= 0.6 is 23.2 Å². The lowest BCUT2D eigenvalue weighted by Gasteiger charge is -2.31. The zero-order valence-corrected chi connectivity index (χ0v) is 16.7. The number of aromatic nitrogens is 2. The Morgan fingerprint density at radius 2 is 1.84 bits per heavy atom. The van der Waals surface area contributed by atoms with Crippen LogP contribution in [-0.4, -0.2) is 23.4 Å². The number of anilines is 1. The molecule has 0 spiro atoms. The Bertz CT molecular complexity index is 978. The number of nitrogens with one attached hydrogen (secondary N) is 1. The minimum Gasteiger partial charge on any atom is -0.343 e. The lowest BCUT2D eigenvalue weighted by Crippen LogP contribution is -2.31. The van der Waals surface area contributed by atoms with Crippen molar-refractivity contribution >= 4 is 38.9 Å². The van der Waals surface area contributed by atoms with Crippen LogP contribution in [0.4, 0.5) is 5.82 Å². The van der Waals surface area contributed by atoms with Crippen molar-refractivity contribution in [1.29, 1.82) is 0 Å². The fourth-order valence-corrected chi connectivity index (χ4v) is 4.81. The third-order valence-electron chi connectivity index (χ3n) is 4.22. The van der Waals surface area contributed by atoms with Gasteiger partial charge in [0.2, 0.25) is 0 Å². The number of sulfone groups is 1. The van der Waals surface area contributed by atoms with Gasteiger partial charge in [-0.3, -0.25) is 0 Å². The summed E-state index contributed by atoms with van der Waals surface area (Å²) < 4.78 is 27.8. The van der Waals surface area contributed by atoms with E-state index in [0.717, 1.165) is 17.1 Å². The van der Waals surface area contributed by atoms with Gasteiger partial charge in [-0.15, -0.1) is 0 Å². The Morgan fingerprint density at radius 3 is 2.44 bits per heavy atom. The molecule has 0 amide bonds. The quantitative estimate of drug-likeness (QED) is 0.820. The highest BCUT2D eigenvalue weighted by Gasteiger charge is 2.38. The van der Waals surface area contributed by atoms with E-state index in [1.165, 1.54) is 0 Å². The number of benzene rings is 1. The summed E-state index contributed by atoms with van der Waals surface area (Å²) in [5, 5.41) is 7.90. The molecular formula is C17H19Cl2N3O2S. The first-order valence-electron chi connectivity index (χ1n) is 7.85. The van der Waals surface area contributed by atoms with Crippen LogP contribution < -0.4 is 5.32 Å². The molecule has 134 valence electrons. The molecule has 1 aromatic carbocycles. The van der Waals surface area contributed by atoms with Crippen LogP contribution in [-0.2, 0) is 9.84 Å². The molecule has 1 atom stereocenters. The fraction of sp³-hybridized carbons (Fsp3) is 0.353. The normalized spacial score (nSPS) is 17.6. The molecule has 2 aromatic rings. The molecule has 1 N–H and O–H groups in total. The zero-order valence-electron chi connectivity index (χ0n) is 14.3. The largest absolute Gasteiger partial charge is 0.343 e. The monoisotopic (exact) mass is 399 g/mol. The first-order valence-corrected chi connectivity index (χ1v) is 10.2. The number of halogens is 2. The van der Waals surface area contributed by atoms with E-state index in [0.29, 0.717) is 20.6 Å². The highest BCUT2D eigenvalue weighted by Crippen LogP contribution is 2.41. The maximum absolute atomic E-state index is 13.0. The van der Waals surface area contributed by atoms with Crippen LogP contribution in [0.25, 0.3) is 0 Å². The standard InChI is InChI=1S/C17H19Cl2N3O2S/c1-9(2)25(23,24)17-11(4)20-15-7-10(3)21-22(15)16(17)12-5-6-13(18)14(19)8-12/h5-9,16,20H,1-4H3. The number of hydrogen-bond donors (Lipinski definition) is 1. The molecule has 2 heterocycles. The third-order valence-corrected chi connectivity index (χ3v) is 7.35. The van der Waals surface area contributed by atoms with Gasteiger partial charge in [-0.05, 0) is 45.4 Å². The summed E-state index contributed by atoms with van der Waals surface area (Å²) >= 11 is 12.2. The van der Waals surface area contributed by atoms with Crippen LogP contribution in [0.5, 0.6) is 0 Å². The molecule has 8 heteroatoms. The lowest BCUT2D eigenvalue weighted by atomic mass is 10.0. The maximum Gasteiger partial charge on any atom is 0.181 e. The average Bonchev–Trinajstić information content (AvgIpc) is 2.88. The van der Waals surface area contributed by atoms with E-state index < -0.39 is 21.1 Å². The summed E-state index contributed by atoms with van der Waals surface area (Å²) in [4.78, 5) is 0.302. The van der Waals surface area contributed by atoms with Gasteiger partial charge in [0.1, 0.15) is 11.9 Å². The van der Waals surface area contributed by atoms with Gasteiger partial charge >= 0.3 is 0 Å². The first-order chi connectivity index (χ1) is 11.6. The molecule has 0 saturated heterocycles. The van der Waals surface area contributed by atoms with Crippen LogP contribution in [0.1, 0.15) is 38.1 Å². The van der Waals surface area contributed by atoms with E-state index >= 15 is 0 Å². The number of nitrogens with zero attached hydrogens (tertiary/aromatic N) is 2. The maximum atomic E-state index is 13.0. The average molecular weight is 400 g/mol. The molecule has 1 aromatic heterocycles. The Morgan fingerprint density at radius 1 is 1.16 bits per heavy atom. The van der Waals surface area contributed by atoms with Gasteiger partial charge in [0.25, 0.3) is 0 Å². The zero-order chi connectivity index (χ0) is 18.5. The number of rotatable bonds is 3. The molecule has 1 unspecified atom stereocenters. The van der Waals surface area contributed by atoms with Crippen LogP contribution in [0, 0.1) is 6.92 Å². The van der Waals surface area contributed by atoms with Gasteiger partial charge in [0, 0.05) is 11.8 Å². The van der Waals surface area contributed by atoms with Gasteiger partial charge in [-0.25, -0.2) is 13.1 Å². The topological polar surface area (TPSA) is 64.0 Å². The van der Waals surface area contributed by atoms with Gasteiger partial charge in [0.15, 0.2) is 9.84 Å². The van der Waals surface area contributed by atoms with Crippen LogP contribution in [0.3, 0.4) is 0 Å². The van der Waals surface area contributed by atoms with Crippen molar-refractivity contribution in [2.24, 2.45) is 0 Å². The summed E-state index contributed by atoms with van der Waals surface area (Å²) in [6.45, 7) is 6.98. The lowest BCUT2D eigenvalue weighted by molar-refractivity contribution is 0.558. The summed E-state index contributed by atoms with van der Waals surface area (Å²) in [6, 6.07) is 6.45. The van der Waals surface area contributed by atoms with Gasteiger partial charge in [-0.2, -0.15) is 5.10 Å². The third kappa shape index (κ3) is 3.07. The summed E-state index contributed by atoms with van der Waals surface area (Å²) in [5.41, 5.74) is 2.11. The minimum absolute atomic E-state index is 0.302. The molecule has 0 radical (unpaired) electrons. The molecule has 25 heavy (non-hydrogen) atoms. The van der Waals surface area contributed by atoms with E-state index in [-0.39, 0.29) is 0 Å². The number of allylic oxidation sites excluding steroid dienone is 2. The van der Waals surface area contributed by atoms with E-state index in [4.69, 9.17) is 23.2 Å². The molecule has 1 aliphatic heterocycles. The van der Waals surface area contributed by atoms with Crippen molar-refractivity contribution in [1.82, 2.24) is 9.78 Å². The van der Waals surface area contributed by atoms with E-state index in [1.807, 2.05) is 13.0 Å². The van der Waals surface area contributed by atoms with E-state index in [9.17, 15) is 8.42 Å². The van der Waals surface area contributed by atoms with Gasteiger partial charge < -0.3 is 5.32 Å². The summed E-state index contributed by atoms with van der Waals surface area (Å²) in [7, 11) is -3.52. The second kappa shape index (κ2) is 6.34. The SMILES string of the molecule is CC1=C(S(=O)(=O)C(C)C)C(c2ccc(Cl)c(Cl)c2)n2nc(C)cc2N1. The smallest absolute Gasteiger partial charge is 0.181 e. The Kier molecular flexibility index (Phi) is 4.64. The molecule has 0 fully saturated rings. The first kappa shape index (κ1) is 18.3. The molecule has 0 aliphatic carbocycles. The predicted octanol–water partition coefficient (Wildman–Crippen LogP) is 4.57. The van der Waals surface area contributed by atoms with Crippen LogP contribution in [0.15, 0.2) is 34.9 Å². The van der Waals surface area contributed by atoms with Crippen molar-refractivity contribution in [2.45, 2.75) is 39.0 Å². The molecule has 3 rings (SSSR count). The molecular weight excluding hydrogens is 381 g/mol. The van der Waals surface area contributed by atoms with Crippen molar-refractivity contribution in [3.05, 3.63) is 56.2 Å². The Balaban J connectivity index is 2.30. The molecule has 0 bridgehead atoms. The second-order valence-electron chi connectivity index (χ2n) is 6.40. The second-order valence-corrected chi connectivity index (χ2v) is 9.69. The van der Waals surface area contributed by atoms with Crippen molar-refractivity contribution in [3.8, 4) is 0 Å². The Labute approximate surface area is 157 Å². The molecule has 0 saturated carbocycles. The fourth-order valence-electron chi connectivity index (χ4n) is 2.97. The van der Waals surface area contributed by atoms with E-state index in [1.54, 1.807) is 43.7 Å². The summed E-state index contributed by atoms with van der Waals surface area (Å²) in [5.74, 6) is 0.744. The van der Waals surface area contributed by atoms with Gasteiger partial charge in [0.05, 0.1) is 25.9 Å². The molecule has 1 aliphatic rings. The van der Waals surface area contributed by atoms with Crippen molar-refractivity contribution < 1.29 is 8.42 Å². The Hall–Kier alpha value is -1.50. The number of aryl methyl sites for hydroxylation is 1. The number of hydrogen-bond acceptors (Lipinski definition) is 4. The highest BCUT2D eigenvalue weighted by molar-refractivity contribution is 7.95. The summed E-state index contributed by atoms with van der Waals surface area (Å²) in [6.07, 6.45) is 0. The molecule has 5 nitrogen and oxygen atoms in total.